The van der Waals surface area contributed by atoms with E-state index in [-0.39, 0.29) is 5.91 Å². The summed E-state index contributed by atoms with van der Waals surface area (Å²) in [5.74, 6) is -0.245. The highest BCUT2D eigenvalue weighted by atomic mass is 16.1. The molecule has 0 spiro atoms. The fourth-order valence-corrected chi connectivity index (χ4v) is 0.473. The maximum absolute atomic E-state index is 9.59. The summed E-state index contributed by atoms with van der Waals surface area (Å²) >= 11 is 0. The molecule has 0 bridgehead atoms. The lowest BCUT2D eigenvalue weighted by Gasteiger charge is -1.73. The van der Waals surface area contributed by atoms with Crippen LogP contribution >= 0.6 is 0 Å². The first-order valence-electron chi connectivity index (χ1n) is 3.62. The lowest BCUT2D eigenvalue weighted by molar-refractivity contribution is -0.117. The number of aliphatic imine (C=N–C) groups is 1. The standard InChI is InChI=1S/C5H7N.C3H7NO/c1-5-3-2-4-6-5;1-2-3(4)5/h2-3H,4H2,1H3;2H2,1H3,(H2,4,5). The largest absolute Gasteiger partial charge is 0.370 e. The van der Waals surface area contributed by atoms with E-state index in [1.807, 2.05) is 13.0 Å². The van der Waals surface area contributed by atoms with Crippen LogP contribution in [0.4, 0.5) is 0 Å². The monoisotopic (exact) mass is 154 g/mol. The molecule has 1 aliphatic heterocycles. The van der Waals surface area contributed by atoms with Crippen LogP contribution < -0.4 is 5.73 Å². The number of nitrogens with zero attached hydrogens (tertiary/aromatic N) is 1. The second-order valence-corrected chi connectivity index (χ2v) is 2.20. The zero-order valence-electron chi connectivity index (χ0n) is 7.00. The topological polar surface area (TPSA) is 55.4 Å². The molecule has 0 atom stereocenters. The molecule has 3 nitrogen and oxygen atoms in total. The van der Waals surface area contributed by atoms with Crippen LogP contribution in [0.5, 0.6) is 0 Å². The van der Waals surface area contributed by atoms with Crippen molar-refractivity contribution >= 4 is 11.6 Å². The Morgan fingerprint density at radius 3 is 2.45 bits per heavy atom. The van der Waals surface area contributed by atoms with Crippen molar-refractivity contribution in [3.05, 3.63) is 12.2 Å². The molecule has 0 radical (unpaired) electrons. The van der Waals surface area contributed by atoms with Gasteiger partial charge in [0, 0.05) is 12.1 Å². The van der Waals surface area contributed by atoms with Gasteiger partial charge in [-0.25, -0.2) is 0 Å². The van der Waals surface area contributed by atoms with Crippen LogP contribution in [-0.4, -0.2) is 18.2 Å². The molecule has 0 aromatic heterocycles. The van der Waals surface area contributed by atoms with E-state index in [0.29, 0.717) is 6.42 Å². The first-order valence-corrected chi connectivity index (χ1v) is 3.62. The van der Waals surface area contributed by atoms with Gasteiger partial charge in [-0.3, -0.25) is 9.79 Å². The molecule has 0 aromatic rings. The van der Waals surface area contributed by atoms with Crippen molar-refractivity contribution in [2.75, 3.05) is 6.54 Å². The summed E-state index contributed by atoms with van der Waals surface area (Å²) in [5, 5.41) is 0. The van der Waals surface area contributed by atoms with Crippen molar-refractivity contribution in [2.24, 2.45) is 10.7 Å². The van der Waals surface area contributed by atoms with Gasteiger partial charge in [-0.05, 0) is 13.0 Å². The number of allylic oxidation sites excluding steroid dienone is 1. The number of rotatable bonds is 1. The number of carbonyl (C=O) groups excluding carboxylic acids is 1. The lowest BCUT2D eigenvalue weighted by Crippen LogP contribution is -2.06. The Morgan fingerprint density at radius 2 is 2.36 bits per heavy atom. The van der Waals surface area contributed by atoms with E-state index in [4.69, 9.17) is 0 Å². The van der Waals surface area contributed by atoms with Crippen molar-refractivity contribution < 1.29 is 4.79 Å². The van der Waals surface area contributed by atoms with Gasteiger partial charge in [0.25, 0.3) is 0 Å². The summed E-state index contributed by atoms with van der Waals surface area (Å²) in [6, 6.07) is 0. The molecule has 3 heteroatoms. The molecular formula is C8H14N2O. The van der Waals surface area contributed by atoms with Crippen molar-refractivity contribution in [3.8, 4) is 0 Å². The maximum Gasteiger partial charge on any atom is 0.217 e. The second kappa shape index (κ2) is 5.65. The van der Waals surface area contributed by atoms with E-state index in [0.717, 1.165) is 12.3 Å². The predicted molar refractivity (Wildman–Crippen MR) is 46.6 cm³/mol. The third kappa shape index (κ3) is 6.77. The van der Waals surface area contributed by atoms with E-state index in [2.05, 4.69) is 16.8 Å². The summed E-state index contributed by atoms with van der Waals surface area (Å²) in [6.45, 7) is 4.62. The summed E-state index contributed by atoms with van der Waals surface area (Å²) in [7, 11) is 0. The van der Waals surface area contributed by atoms with Gasteiger partial charge in [-0.2, -0.15) is 0 Å². The zero-order chi connectivity index (χ0) is 8.69. The molecular weight excluding hydrogens is 140 g/mol. The number of carbonyl (C=O) groups is 1. The molecule has 0 unspecified atom stereocenters. The van der Waals surface area contributed by atoms with Gasteiger partial charge in [0.15, 0.2) is 0 Å². The number of hydrogen-bond donors (Lipinski definition) is 1. The van der Waals surface area contributed by atoms with Gasteiger partial charge in [-0.1, -0.05) is 13.0 Å². The van der Waals surface area contributed by atoms with E-state index in [1.165, 1.54) is 0 Å². The average Bonchev–Trinajstić information content (AvgIpc) is 2.41. The molecule has 1 amide bonds. The van der Waals surface area contributed by atoms with Crippen LogP contribution in [0.3, 0.4) is 0 Å². The number of hydrogen-bond acceptors (Lipinski definition) is 2. The van der Waals surface area contributed by atoms with E-state index >= 15 is 0 Å². The average molecular weight is 154 g/mol. The van der Waals surface area contributed by atoms with E-state index in [9.17, 15) is 4.79 Å². The van der Waals surface area contributed by atoms with Crippen LogP contribution in [0, 0.1) is 0 Å². The molecule has 0 aliphatic carbocycles. The Hall–Kier alpha value is -1.12. The highest BCUT2D eigenvalue weighted by Crippen LogP contribution is 1.89. The fourth-order valence-electron chi connectivity index (χ4n) is 0.473. The molecule has 62 valence electrons. The number of amides is 1. The van der Waals surface area contributed by atoms with Crippen molar-refractivity contribution in [1.82, 2.24) is 0 Å². The third-order valence-electron chi connectivity index (χ3n) is 1.15. The Morgan fingerprint density at radius 1 is 1.82 bits per heavy atom. The van der Waals surface area contributed by atoms with Gasteiger partial charge in [-0.15, -0.1) is 0 Å². The van der Waals surface area contributed by atoms with Crippen LogP contribution in [0.15, 0.2) is 17.1 Å². The normalized spacial score (nSPS) is 13.5. The van der Waals surface area contributed by atoms with Gasteiger partial charge in [0.2, 0.25) is 5.91 Å². The molecule has 2 N–H and O–H groups in total. The van der Waals surface area contributed by atoms with Gasteiger partial charge >= 0.3 is 0 Å². The first-order chi connectivity index (χ1) is 5.16. The number of nitrogens with two attached hydrogens (primary N) is 1. The summed E-state index contributed by atoms with van der Waals surface area (Å²) in [6.07, 6.45) is 4.52. The van der Waals surface area contributed by atoms with Crippen molar-refractivity contribution in [2.45, 2.75) is 20.3 Å². The smallest absolute Gasteiger partial charge is 0.217 e. The summed E-state index contributed by atoms with van der Waals surface area (Å²) in [5.41, 5.74) is 5.80. The lowest BCUT2D eigenvalue weighted by atomic mass is 10.4. The van der Waals surface area contributed by atoms with E-state index in [1.54, 1.807) is 6.92 Å². The highest BCUT2D eigenvalue weighted by Gasteiger charge is 1.85. The quantitative estimate of drug-likeness (QED) is 0.599. The zero-order valence-corrected chi connectivity index (χ0v) is 7.00. The molecule has 11 heavy (non-hydrogen) atoms. The van der Waals surface area contributed by atoms with Gasteiger partial charge in [0.1, 0.15) is 0 Å². The van der Waals surface area contributed by atoms with Crippen molar-refractivity contribution in [1.29, 1.82) is 0 Å². The molecule has 0 aromatic carbocycles. The maximum atomic E-state index is 9.59. The summed E-state index contributed by atoms with van der Waals surface area (Å²) < 4.78 is 0. The Bertz CT molecular complexity index is 180. The third-order valence-corrected chi connectivity index (χ3v) is 1.15. The summed E-state index contributed by atoms with van der Waals surface area (Å²) in [4.78, 5) is 13.6. The Kier molecular flexibility index (Phi) is 5.07. The van der Waals surface area contributed by atoms with Crippen LogP contribution in [-0.2, 0) is 4.79 Å². The predicted octanol–water partition coefficient (Wildman–Crippen LogP) is 0.899. The van der Waals surface area contributed by atoms with Gasteiger partial charge < -0.3 is 5.73 Å². The van der Waals surface area contributed by atoms with Crippen LogP contribution in [0.2, 0.25) is 0 Å². The molecule has 0 saturated carbocycles. The molecule has 1 aliphatic rings. The minimum atomic E-state index is -0.245. The Labute approximate surface area is 67.0 Å². The van der Waals surface area contributed by atoms with Crippen molar-refractivity contribution in [3.63, 3.8) is 0 Å². The van der Waals surface area contributed by atoms with E-state index < -0.39 is 0 Å². The first kappa shape index (κ1) is 9.88. The Balaban J connectivity index is 0.000000187. The highest BCUT2D eigenvalue weighted by molar-refractivity contribution is 5.94. The minimum absolute atomic E-state index is 0.245. The van der Waals surface area contributed by atoms with Gasteiger partial charge in [0.05, 0.1) is 6.54 Å². The van der Waals surface area contributed by atoms with Crippen LogP contribution in [0.1, 0.15) is 20.3 Å². The van der Waals surface area contributed by atoms with Crippen LogP contribution in [0.25, 0.3) is 0 Å². The molecule has 1 heterocycles. The molecule has 0 fully saturated rings. The minimum Gasteiger partial charge on any atom is -0.370 e. The SMILES string of the molecule is CC1=NCC=C1.CCC(N)=O. The molecule has 0 saturated heterocycles. The fraction of sp³-hybridized carbons (Fsp3) is 0.500. The second-order valence-electron chi connectivity index (χ2n) is 2.20. The molecule has 1 rings (SSSR count). The number of primary amides is 1.